The van der Waals surface area contributed by atoms with Crippen LogP contribution < -0.4 is 0 Å². The Morgan fingerprint density at radius 3 is 2.30 bits per heavy atom. The summed E-state index contributed by atoms with van der Waals surface area (Å²) in [5.41, 5.74) is -1.35. The van der Waals surface area contributed by atoms with Crippen molar-refractivity contribution >= 4 is 11.6 Å². The van der Waals surface area contributed by atoms with Crippen LogP contribution in [-0.4, -0.2) is 17.2 Å². The van der Waals surface area contributed by atoms with E-state index in [1.165, 1.54) is 12.2 Å². The summed E-state index contributed by atoms with van der Waals surface area (Å²) in [7, 11) is 0. The summed E-state index contributed by atoms with van der Waals surface area (Å²) in [5.74, 6) is -0.446. The van der Waals surface area contributed by atoms with E-state index >= 15 is 0 Å². The van der Waals surface area contributed by atoms with Crippen molar-refractivity contribution in [1.29, 1.82) is 0 Å². The number of carbonyl (C=O) groups is 2. The number of hydrogen-bond donors (Lipinski definition) is 0. The third kappa shape index (κ3) is 3.03. The Morgan fingerprint density at radius 1 is 1.05 bits per heavy atom. The Hall–Kier alpha value is -1.78. The average Bonchev–Trinajstić information content (AvgIpc) is 2.40. The van der Waals surface area contributed by atoms with E-state index in [4.69, 9.17) is 9.78 Å². The van der Waals surface area contributed by atoms with Gasteiger partial charge in [0.1, 0.15) is 0 Å². The summed E-state index contributed by atoms with van der Waals surface area (Å²) in [6.45, 7) is 5.45. The molecule has 20 heavy (non-hydrogen) atoms. The van der Waals surface area contributed by atoms with Crippen molar-refractivity contribution in [2.75, 3.05) is 0 Å². The van der Waals surface area contributed by atoms with Crippen molar-refractivity contribution in [3.63, 3.8) is 0 Å². The standard InChI is InChI=1S/C16H18O4/c1-15(2,3)19-20-16(12-7-5-4-6-8-12)11-13(17)9-10-14(16)18/h4-10H,11H2,1-3H3. The van der Waals surface area contributed by atoms with E-state index in [0.717, 1.165) is 0 Å². The molecule has 1 unspecified atom stereocenters. The fraction of sp³-hybridized carbons (Fsp3) is 0.375. The van der Waals surface area contributed by atoms with E-state index in [1.807, 2.05) is 26.8 Å². The van der Waals surface area contributed by atoms with Crippen LogP contribution in [0.1, 0.15) is 32.8 Å². The van der Waals surface area contributed by atoms with E-state index in [2.05, 4.69) is 0 Å². The lowest BCUT2D eigenvalue weighted by Gasteiger charge is -2.34. The number of benzene rings is 1. The molecule has 0 N–H and O–H groups in total. The van der Waals surface area contributed by atoms with Crippen LogP contribution in [0, 0.1) is 0 Å². The van der Waals surface area contributed by atoms with Gasteiger partial charge in [0.25, 0.3) is 0 Å². The smallest absolute Gasteiger partial charge is 0.197 e. The van der Waals surface area contributed by atoms with Gasteiger partial charge < -0.3 is 0 Å². The molecule has 1 aromatic rings. The summed E-state index contributed by atoms with van der Waals surface area (Å²) >= 11 is 0. The Labute approximate surface area is 118 Å². The van der Waals surface area contributed by atoms with Gasteiger partial charge >= 0.3 is 0 Å². The zero-order valence-electron chi connectivity index (χ0n) is 11.9. The molecule has 1 aliphatic carbocycles. The first-order chi connectivity index (χ1) is 9.33. The first kappa shape index (κ1) is 14.6. The van der Waals surface area contributed by atoms with Crippen LogP contribution >= 0.6 is 0 Å². The first-order valence-corrected chi connectivity index (χ1v) is 6.51. The number of hydrogen-bond acceptors (Lipinski definition) is 4. The molecular weight excluding hydrogens is 256 g/mol. The van der Waals surface area contributed by atoms with Gasteiger partial charge in [-0.15, -0.1) is 0 Å². The molecule has 0 radical (unpaired) electrons. The van der Waals surface area contributed by atoms with Crippen LogP contribution in [0.3, 0.4) is 0 Å². The Morgan fingerprint density at radius 2 is 1.70 bits per heavy atom. The van der Waals surface area contributed by atoms with Crippen LogP contribution in [0.5, 0.6) is 0 Å². The molecule has 0 heterocycles. The molecule has 0 fully saturated rings. The van der Waals surface area contributed by atoms with Gasteiger partial charge in [0.2, 0.25) is 0 Å². The molecule has 0 spiro atoms. The molecule has 1 atom stereocenters. The number of carbonyl (C=O) groups excluding carboxylic acids is 2. The normalized spacial score (nSPS) is 23.1. The van der Waals surface area contributed by atoms with Crippen molar-refractivity contribution in [3.05, 3.63) is 48.0 Å². The monoisotopic (exact) mass is 274 g/mol. The van der Waals surface area contributed by atoms with E-state index in [9.17, 15) is 9.59 Å². The number of ketones is 2. The van der Waals surface area contributed by atoms with Gasteiger partial charge in [0.05, 0.1) is 12.0 Å². The number of allylic oxidation sites excluding steroid dienone is 1. The van der Waals surface area contributed by atoms with Crippen molar-refractivity contribution < 1.29 is 19.4 Å². The van der Waals surface area contributed by atoms with Crippen LogP contribution in [0.25, 0.3) is 0 Å². The minimum atomic E-state index is -1.39. The zero-order valence-corrected chi connectivity index (χ0v) is 11.9. The lowest BCUT2D eigenvalue weighted by atomic mass is 9.81. The largest absolute Gasteiger partial charge is 0.295 e. The van der Waals surface area contributed by atoms with Crippen LogP contribution in [0.2, 0.25) is 0 Å². The molecule has 0 bridgehead atoms. The number of rotatable bonds is 3. The Balaban J connectivity index is 2.41. The molecular formula is C16H18O4. The summed E-state index contributed by atoms with van der Waals surface area (Å²) in [4.78, 5) is 34.9. The van der Waals surface area contributed by atoms with E-state index in [1.54, 1.807) is 24.3 Å². The highest BCUT2D eigenvalue weighted by Crippen LogP contribution is 2.35. The second-order valence-corrected chi connectivity index (χ2v) is 5.81. The lowest BCUT2D eigenvalue weighted by molar-refractivity contribution is -0.397. The molecule has 2 rings (SSSR count). The van der Waals surface area contributed by atoms with Gasteiger partial charge in [0, 0.05) is 0 Å². The quantitative estimate of drug-likeness (QED) is 0.628. The van der Waals surface area contributed by atoms with E-state index in [-0.39, 0.29) is 18.0 Å². The van der Waals surface area contributed by atoms with Gasteiger partial charge in [0.15, 0.2) is 17.2 Å². The maximum Gasteiger partial charge on any atom is 0.197 e. The zero-order chi connectivity index (χ0) is 14.8. The molecule has 0 saturated heterocycles. The van der Waals surface area contributed by atoms with Crippen molar-refractivity contribution in [2.45, 2.75) is 38.4 Å². The van der Waals surface area contributed by atoms with Gasteiger partial charge in [-0.2, -0.15) is 0 Å². The molecule has 0 aliphatic heterocycles. The molecule has 1 aromatic carbocycles. The third-order valence-electron chi connectivity index (χ3n) is 2.92. The topological polar surface area (TPSA) is 52.6 Å². The molecule has 4 heteroatoms. The van der Waals surface area contributed by atoms with Crippen molar-refractivity contribution in [3.8, 4) is 0 Å². The van der Waals surface area contributed by atoms with Crippen LogP contribution in [-0.2, 0) is 25.0 Å². The molecule has 4 nitrogen and oxygen atoms in total. The summed E-state index contributed by atoms with van der Waals surface area (Å²) in [6.07, 6.45) is 2.48. The Bertz CT molecular complexity index is 539. The van der Waals surface area contributed by atoms with Crippen molar-refractivity contribution in [1.82, 2.24) is 0 Å². The molecule has 1 aliphatic rings. The van der Waals surface area contributed by atoms with Gasteiger partial charge in [-0.1, -0.05) is 30.3 Å². The SMILES string of the molecule is CC(C)(C)OOC1(c2ccccc2)CC(=O)C=CC1=O. The lowest BCUT2D eigenvalue weighted by Crippen LogP contribution is -2.43. The minimum Gasteiger partial charge on any atom is -0.295 e. The van der Waals surface area contributed by atoms with Gasteiger partial charge in [-0.05, 0) is 38.5 Å². The molecule has 0 aromatic heterocycles. The van der Waals surface area contributed by atoms with Crippen LogP contribution in [0.4, 0.5) is 0 Å². The summed E-state index contributed by atoms with van der Waals surface area (Å²) in [6, 6.07) is 8.96. The van der Waals surface area contributed by atoms with Gasteiger partial charge in [-0.25, -0.2) is 9.78 Å². The fourth-order valence-electron chi connectivity index (χ4n) is 1.96. The van der Waals surface area contributed by atoms with E-state index in [0.29, 0.717) is 5.56 Å². The predicted octanol–water partition coefficient (Wildman–Crippen LogP) is 2.73. The van der Waals surface area contributed by atoms with E-state index < -0.39 is 11.2 Å². The highest BCUT2D eigenvalue weighted by Gasteiger charge is 2.46. The highest BCUT2D eigenvalue weighted by molar-refractivity contribution is 6.09. The third-order valence-corrected chi connectivity index (χ3v) is 2.92. The first-order valence-electron chi connectivity index (χ1n) is 6.51. The van der Waals surface area contributed by atoms with Gasteiger partial charge in [-0.3, -0.25) is 9.59 Å². The molecule has 106 valence electrons. The van der Waals surface area contributed by atoms with Crippen molar-refractivity contribution in [2.24, 2.45) is 0 Å². The maximum atomic E-state index is 12.3. The maximum absolute atomic E-state index is 12.3. The summed E-state index contributed by atoms with van der Waals surface area (Å²) < 4.78 is 0. The fourth-order valence-corrected chi connectivity index (χ4v) is 1.96. The van der Waals surface area contributed by atoms with Crippen LogP contribution in [0.15, 0.2) is 42.5 Å². The second-order valence-electron chi connectivity index (χ2n) is 5.81. The summed E-state index contributed by atoms with van der Waals surface area (Å²) in [5, 5.41) is 0. The molecule has 0 saturated carbocycles. The highest BCUT2D eigenvalue weighted by atomic mass is 17.2. The molecule has 0 amide bonds. The average molecular weight is 274 g/mol. The minimum absolute atomic E-state index is 0.0531. The second kappa shape index (κ2) is 5.31. The predicted molar refractivity (Wildman–Crippen MR) is 73.8 cm³/mol. The Kier molecular flexibility index (Phi) is 3.88.